The van der Waals surface area contributed by atoms with E-state index >= 15 is 0 Å². The number of hydrogen-bond donors (Lipinski definition) is 1. The summed E-state index contributed by atoms with van der Waals surface area (Å²) in [7, 11) is 1.66. The molecule has 0 spiro atoms. The number of aliphatic hydroxyl groups is 1. The summed E-state index contributed by atoms with van der Waals surface area (Å²) in [6, 6.07) is 25.5. The van der Waals surface area contributed by atoms with Crippen LogP contribution in [0, 0.1) is 0 Å². The second kappa shape index (κ2) is 8.80. The SMILES string of the molecule is COc1ccc(Cc2nc3ccccc3n2C[C@@H](O)COc2ccccc2)cc1. The fraction of sp³-hybridized carbons (Fsp3) is 0.208. The Labute approximate surface area is 170 Å². The van der Waals surface area contributed by atoms with Crippen molar-refractivity contribution in [1.29, 1.82) is 0 Å². The molecule has 4 aromatic rings. The molecule has 5 heteroatoms. The highest BCUT2D eigenvalue weighted by molar-refractivity contribution is 5.76. The van der Waals surface area contributed by atoms with Crippen LogP contribution in [0.25, 0.3) is 11.0 Å². The van der Waals surface area contributed by atoms with E-state index in [9.17, 15) is 5.11 Å². The van der Waals surface area contributed by atoms with Crippen molar-refractivity contribution in [3.05, 3.63) is 90.3 Å². The van der Waals surface area contributed by atoms with Gasteiger partial charge in [0, 0.05) is 6.42 Å². The zero-order valence-corrected chi connectivity index (χ0v) is 16.4. The highest BCUT2D eigenvalue weighted by atomic mass is 16.5. The Hall–Kier alpha value is -3.31. The number of ether oxygens (including phenoxy) is 2. The molecule has 0 saturated heterocycles. The van der Waals surface area contributed by atoms with Crippen LogP contribution < -0.4 is 9.47 Å². The summed E-state index contributed by atoms with van der Waals surface area (Å²) in [6.07, 6.45) is 0.0210. The third-order valence-electron chi connectivity index (χ3n) is 4.83. The van der Waals surface area contributed by atoms with Crippen molar-refractivity contribution >= 4 is 11.0 Å². The van der Waals surface area contributed by atoms with Gasteiger partial charge in [-0.15, -0.1) is 0 Å². The van der Waals surface area contributed by atoms with Crippen molar-refractivity contribution in [3.63, 3.8) is 0 Å². The van der Waals surface area contributed by atoms with Gasteiger partial charge in [0.2, 0.25) is 0 Å². The maximum atomic E-state index is 10.6. The zero-order chi connectivity index (χ0) is 20.1. The van der Waals surface area contributed by atoms with Crippen LogP contribution in [0.2, 0.25) is 0 Å². The van der Waals surface area contributed by atoms with Crippen LogP contribution in [0.1, 0.15) is 11.4 Å². The highest BCUT2D eigenvalue weighted by Crippen LogP contribution is 2.21. The second-order valence-corrected chi connectivity index (χ2v) is 6.93. The van der Waals surface area contributed by atoms with E-state index in [2.05, 4.69) is 4.57 Å². The molecule has 5 nitrogen and oxygen atoms in total. The molecule has 148 valence electrons. The number of aromatic nitrogens is 2. The van der Waals surface area contributed by atoms with Crippen LogP contribution in [0.4, 0.5) is 0 Å². The predicted molar refractivity (Wildman–Crippen MR) is 113 cm³/mol. The standard InChI is InChI=1S/C24H24N2O3/c1-28-20-13-11-18(12-14-20)15-24-25-22-9-5-6-10-23(22)26(24)16-19(27)17-29-21-7-3-2-4-8-21/h2-14,19,27H,15-17H2,1H3/t19-/m1/s1. The largest absolute Gasteiger partial charge is 0.497 e. The van der Waals surface area contributed by atoms with Crippen LogP contribution in [0.15, 0.2) is 78.9 Å². The van der Waals surface area contributed by atoms with Crippen molar-refractivity contribution in [2.24, 2.45) is 0 Å². The summed E-state index contributed by atoms with van der Waals surface area (Å²) >= 11 is 0. The lowest BCUT2D eigenvalue weighted by atomic mass is 10.1. The Bertz CT molecular complexity index is 1060. The van der Waals surface area contributed by atoms with E-state index in [1.165, 1.54) is 0 Å². The zero-order valence-electron chi connectivity index (χ0n) is 16.4. The topological polar surface area (TPSA) is 56.5 Å². The molecule has 0 unspecified atom stereocenters. The van der Waals surface area contributed by atoms with Gasteiger partial charge in [-0.05, 0) is 42.0 Å². The van der Waals surface area contributed by atoms with Crippen LogP contribution in [0.3, 0.4) is 0 Å². The Kier molecular flexibility index (Phi) is 5.77. The Morgan fingerprint density at radius 3 is 2.38 bits per heavy atom. The van der Waals surface area contributed by atoms with Gasteiger partial charge in [0.05, 0.1) is 24.7 Å². The van der Waals surface area contributed by atoms with Crippen molar-refractivity contribution in [2.45, 2.75) is 19.1 Å². The van der Waals surface area contributed by atoms with E-state index in [1.807, 2.05) is 78.9 Å². The molecule has 29 heavy (non-hydrogen) atoms. The Balaban J connectivity index is 1.54. The Morgan fingerprint density at radius 2 is 1.62 bits per heavy atom. The molecule has 1 N–H and O–H groups in total. The van der Waals surface area contributed by atoms with Crippen LogP contribution in [0.5, 0.6) is 11.5 Å². The first-order chi connectivity index (χ1) is 14.2. The predicted octanol–water partition coefficient (Wildman–Crippen LogP) is 4.08. The normalized spacial score (nSPS) is 12.1. The molecule has 3 aromatic carbocycles. The van der Waals surface area contributed by atoms with Gasteiger partial charge in [-0.2, -0.15) is 0 Å². The maximum absolute atomic E-state index is 10.6. The fourth-order valence-corrected chi connectivity index (χ4v) is 3.36. The second-order valence-electron chi connectivity index (χ2n) is 6.93. The molecule has 0 fully saturated rings. The lowest BCUT2D eigenvalue weighted by Crippen LogP contribution is -2.24. The number of fused-ring (bicyclic) bond motifs is 1. The van der Waals surface area contributed by atoms with Crippen molar-refractivity contribution in [2.75, 3.05) is 13.7 Å². The number of rotatable bonds is 8. The van der Waals surface area contributed by atoms with E-state index < -0.39 is 6.10 Å². The van der Waals surface area contributed by atoms with Crippen LogP contribution >= 0.6 is 0 Å². The fourth-order valence-electron chi connectivity index (χ4n) is 3.36. The minimum Gasteiger partial charge on any atom is -0.497 e. The molecule has 1 atom stereocenters. The van der Waals surface area contributed by atoms with Gasteiger partial charge >= 0.3 is 0 Å². The third kappa shape index (κ3) is 4.58. The number of para-hydroxylation sites is 3. The molecule has 0 bridgehead atoms. The molecule has 1 aromatic heterocycles. The van der Waals surface area contributed by atoms with E-state index in [-0.39, 0.29) is 6.61 Å². The number of methoxy groups -OCH3 is 1. The number of imidazole rings is 1. The van der Waals surface area contributed by atoms with Gasteiger partial charge in [-0.3, -0.25) is 0 Å². The molecular weight excluding hydrogens is 364 g/mol. The van der Waals surface area contributed by atoms with Crippen LogP contribution in [-0.2, 0) is 13.0 Å². The average Bonchev–Trinajstić information content (AvgIpc) is 3.10. The van der Waals surface area contributed by atoms with Gasteiger partial charge in [-0.25, -0.2) is 4.98 Å². The molecule has 0 aliphatic rings. The molecule has 4 rings (SSSR count). The summed E-state index contributed by atoms with van der Waals surface area (Å²) < 4.78 is 13.0. The molecule has 1 heterocycles. The Morgan fingerprint density at radius 1 is 0.897 bits per heavy atom. The highest BCUT2D eigenvalue weighted by Gasteiger charge is 2.15. The molecule has 0 aliphatic carbocycles. The van der Waals surface area contributed by atoms with E-state index in [4.69, 9.17) is 14.5 Å². The number of hydrogen-bond acceptors (Lipinski definition) is 4. The first-order valence-electron chi connectivity index (χ1n) is 9.66. The van der Waals surface area contributed by atoms with Crippen molar-refractivity contribution < 1.29 is 14.6 Å². The third-order valence-corrected chi connectivity index (χ3v) is 4.83. The number of benzene rings is 3. The van der Waals surface area contributed by atoms with Gasteiger partial charge < -0.3 is 19.1 Å². The van der Waals surface area contributed by atoms with Gasteiger partial charge in [0.1, 0.15) is 30.0 Å². The average molecular weight is 388 g/mol. The van der Waals surface area contributed by atoms with Crippen molar-refractivity contribution in [1.82, 2.24) is 9.55 Å². The summed E-state index contributed by atoms with van der Waals surface area (Å²) in [5, 5.41) is 10.6. The van der Waals surface area contributed by atoms with E-state index in [0.29, 0.717) is 13.0 Å². The lowest BCUT2D eigenvalue weighted by Gasteiger charge is -2.16. The molecule has 0 saturated carbocycles. The van der Waals surface area contributed by atoms with Gasteiger partial charge in [0.15, 0.2) is 0 Å². The summed E-state index contributed by atoms with van der Waals surface area (Å²) in [4.78, 5) is 4.80. The molecule has 0 amide bonds. The smallest absolute Gasteiger partial charge is 0.119 e. The monoisotopic (exact) mass is 388 g/mol. The maximum Gasteiger partial charge on any atom is 0.119 e. The molecule has 0 radical (unpaired) electrons. The lowest BCUT2D eigenvalue weighted by molar-refractivity contribution is 0.0928. The van der Waals surface area contributed by atoms with Crippen molar-refractivity contribution in [3.8, 4) is 11.5 Å². The minimum absolute atomic E-state index is 0.221. The summed E-state index contributed by atoms with van der Waals surface area (Å²) in [5.41, 5.74) is 3.07. The minimum atomic E-state index is -0.651. The van der Waals surface area contributed by atoms with Gasteiger partial charge in [-0.1, -0.05) is 42.5 Å². The van der Waals surface area contributed by atoms with Crippen LogP contribution in [-0.4, -0.2) is 34.5 Å². The molecule has 0 aliphatic heterocycles. The van der Waals surface area contributed by atoms with E-state index in [0.717, 1.165) is 33.9 Å². The number of nitrogens with zero attached hydrogens (tertiary/aromatic N) is 2. The molecular formula is C24H24N2O3. The van der Waals surface area contributed by atoms with Gasteiger partial charge in [0.25, 0.3) is 0 Å². The van der Waals surface area contributed by atoms with E-state index in [1.54, 1.807) is 7.11 Å². The quantitative estimate of drug-likeness (QED) is 0.494. The first-order valence-corrected chi connectivity index (χ1v) is 9.66. The summed E-state index contributed by atoms with van der Waals surface area (Å²) in [6.45, 7) is 0.636. The summed E-state index contributed by atoms with van der Waals surface area (Å²) in [5.74, 6) is 2.49. The first kappa shape index (κ1) is 19.0. The number of aliphatic hydroxyl groups excluding tert-OH is 1.